The lowest BCUT2D eigenvalue weighted by molar-refractivity contribution is -0.240. The van der Waals surface area contributed by atoms with E-state index in [-0.39, 0.29) is 11.9 Å². The van der Waals surface area contributed by atoms with Crippen molar-refractivity contribution in [2.24, 2.45) is 5.92 Å². The molecule has 0 amide bonds. The molecule has 0 spiro atoms. The van der Waals surface area contributed by atoms with Gasteiger partial charge in [-0.25, -0.2) is 4.79 Å². The molecule has 1 rings (SSSR count). The third-order valence-electron chi connectivity index (χ3n) is 0.976. The summed E-state index contributed by atoms with van der Waals surface area (Å²) in [6.45, 7) is 3.72. The molecule has 0 aromatic rings. The summed E-state index contributed by atoms with van der Waals surface area (Å²) in [7, 11) is 0. The number of carbonyl (C=O) groups excluding carboxylic acids is 1. The maximum Gasteiger partial charge on any atom is 0.351 e. The molecular weight excluding hydrogens is 108 g/mol. The van der Waals surface area contributed by atoms with E-state index in [0.29, 0.717) is 6.61 Å². The van der Waals surface area contributed by atoms with E-state index in [9.17, 15) is 4.79 Å². The van der Waals surface area contributed by atoms with Gasteiger partial charge in [-0.1, -0.05) is 6.08 Å². The van der Waals surface area contributed by atoms with Crippen LogP contribution in [0.5, 0.6) is 0 Å². The van der Waals surface area contributed by atoms with Crippen LogP contribution >= 0.6 is 0 Å². The quantitative estimate of drug-likeness (QED) is 0.362. The van der Waals surface area contributed by atoms with Crippen LogP contribution in [0.1, 0.15) is 0 Å². The van der Waals surface area contributed by atoms with Crippen molar-refractivity contribution in [3.8, 4) is 0 Å². The zero-order chi connectivity index (χ0) is 5.98. The van der Waals surface area contributed by atoms with Gasteiger partial charge >= 0.3 is 5.97 Å². The molecule has 0 radical (unpaired) electrons. The molecule has 1 fully saturated rings. The first-order valence-electron chi connectivity index (χ1n) is 2.30. The predicted octanol–water partition coefficient (Wildman–Crippen LogP) is 0.277. The Morgan fingerprint density at radius 2 is 2.62 bits per heavy atom. The number of carbonyl (C=O) groups is 1. The molecule has 0 saturated carbocycles. The SMILES string of the molecule is C=CC1COOC1=O. The van der Waals surface area contributed by atoms with Gasteiger partial charge in [0.15, 0.2) is 0 Å². The van der Waals surface area contributed by atoms with E-state index in [2.05, 4.69) is 16.4 Å². The molecule has 1 heterocycles. The highest BCUT2D eigenvalue weighted by Gasteiger charge is 2.24. The Morgan fingerprint density at radius 1 is 1.88 bits per heavy atom. The van der Waals surface area contributed by atoms with Crippen LogP contribution in [0.15, 0.2) is 12.7 Å². The molecule has 0 aromatic heterocycles. The summed E-state index contributed by atoms with van der Waals surface area (Å²) in [6, 6.07) is 0. The molecule has 1 aliphatic heterocycles. The smallest absolute Gasteiger partial charge is 0.298 e. The number of hydrogen-bond acceptors (Lipinski definition) is 3. The second kappa shape index (κ2) is 1.96. The molecule has 1 atom stereocenters. The van der Waals surface area contributed by atoms with Crippen molar-refractivity contribution in [2.75, 3.05) is 6.61 Å². The molecule has 3 nitrogen and oxygen atoms in total. The normalized spacial score (nSPS) is 27.5. The highest BCUT2D eigenvalue weighted by atomic mass is 17.2. The maximum absolute atomic E-state index is 10.4. The molecule has 1 aliphatic rings. The van der Waals surface area contributed by atoms with Crippen LogP contribution in [0.25, 0.3) is 0 Å². The lowest BCUT2D eigenvalue weighted by atomic mass is 10.2. The molecule has 8 heavy (non-hydrogen) atoms. The second-order valence-corrected chi connectivity index (χ2v) is 1.53. The molecule has 1 unspecified atom stereocenters. The topological polar surface area (TPSA) is 35.5 Å². The van der Waals surface area contributed by atoms with Gasteiger partial charge in [0.25, 0.3) is 0 Å². The van der Waals surface area contributed by atoms with E-state index in [1.54, 1.807) is 0 Å². The molecule has 0 aliphatic carbocycles. The van der Waals surface area contributed by atoms with Gasteiger partial charge in [-0.15, -0.1) is 6.58 Å². The molecule has 1 saturated heterocycles. The predicted molar refractivity (Wildman–Crippen MR) is 25.7 cm³/mol. The first kappa shape index (κ1) is 5.31. The minimum Gasteiger partial charge on any atom is -0.298 e. The van der Waals surface area contributed by atoms with Gasteiger partial charge < -0.3 is 0 Å². The average Bonchev–Trinajstić information content (AvgIpc) is 2.14. The first-order valence-corrected chi connectivity index (χ1v) is 2.30. The molecular formula is C5H6O3. The van der Waals surface area contributed by atoms with Crippen LogP contribution in [0, 0.1) is 5.92 Å². The third kappa shape index (κ3) is 0.721. The minimum absolute atomic E-state index is 0.255. The minimum atomic E-state index is -0.347. The Balaban J connectivity index is 2.54. The third-order valence-corrected chi connectivity index (χ3v) is 0.976. The van der Waals surface area contributed by atoms with Crippen molar-refractivity contribution in [1.29, 1.82) is 0 Å². The lowest BCUT2D eigenvalue weighted by Crippen LogP contribution is -2.05. The van der Waals surface area contributed by atoms with Gasteiger partial charge in [-0.2, -0.15) is 4.89 Å². The van der Waals surface area contributed by atoms with Crippen molar-refractivity contribution >= 4 is 5.97 Å². The monoisotopic (exact) mass is 114 g/mol. The Kier molecular flexibility index (Phi) is 1.30. The van der Waals surface area contributed by atoms with E-state index >= 15 is 0 Å². The summed E-state index contributed by atoms with van der Waals surface area (Å²) in [5.74, 6) is -0.602. The van der Waals surface area contributed by atoms with Crippen LogP contribution in [-0.4, -0.2) is 12.6 Å². The zero-order valence-corrected chi connectivity index (χ0v) is 4.29. The Morgan fingerprint density at radius 3 is 2.88 bits per heavy atom. The fraction of sp³-hybridized carbons (Fsp3) is 0.400. The van der Waals surface area contributed by atoms with Crippen molar-refractivity contribution in [3.63, 3.8) is 0 Å². The number of rotatable bonds is 1. The van der Waals surface area contributed by atoms with Crippen molar-refractivity contribution in [2.45, 2.75) is 0 Å². The molecule has 44 valence electrons. The van der Waals surface area contributed by atoms with E-state index in [1.807, 2.05) is 0 Å². The van der Waals surface area contributed by atoms with Crippen molar-refractivity contribution in [1.82, 2.24) is 0 Å². The first-order chi connectivity index (χ1) is 3.84. The fourth-order valence-electron chi connectivity index (χ4n) is 0.460. The molecule has 3 heteroatoms. The van der Waals surface area contributed by atoms with Gasteiger partial charge in [-0.05, 0) is 0 Å². The second-order valence-electron chi connectivity index (χ2n) is 1.53. The summed E-state index contributed by atoms with van der Waals surface area (Å²) in [5, 5.41) is 0. The summed E-state index contributed by atoms with van der Waals surface area (Å²) in [6.07, 6.45) is 1.51. The highest BCUT2D eigenvalue weighted by molar-refractivity contribution is 5.74. The maximum atomic E-state index is 10.4. The van der Waals surface area contributed by atoms with Gasteiger partial charge in [0.2, 0.25) is 0 Å². The Labute approximate surface area is 46.8 Å². The van der Waals surface area contributed by atoms with Crippen LogP contribution in [0.2, 0.25) is 0 Å². The summed E-state index contributed by atoms with van der Waals surface area (Å²) < 4.78 is 0. The molecule has 0 bridgehead atoms. The van der Waals surface area contributed by atoms with Gasteiger partial charge in [-0.3, -0.25) is 4.89 Å². The molecule has 0 N–H and O–H groups in total. The summed E-state index contributed by atoms with van der Waals surface area (Å²) >= 11 is 0. The van der Waals surface area contributed by atoms with Crippen molar-refractivity contribution in [3.05, 3.63) is 12.7 Å². The lowest BCUT2D eigenvalue weighted by Gasteiger charge is -1.86. The van der Waals surface area contributed by atoms with Gasteiger partial charge in [0.1, 0.15) is 12.5 Å². The van der Waals surface area contributed by atoms with Gasteiger partial charge in [0.05, 0.1) is 0 Å². The Bertz CT molecular complexity index is 119. The van der Waals surface area contributed by atoms with E-state index in [4.69, 9.17) is 0 Å². The number of hydrogen-bond donors (Lipinski definition) is 0. The summed E-state index contributed by atoms with van der Waals surface area (Å²) in [5.41, 5.74) is 0. The fourth-order valence-corrected chi connectivity index (χ4v) is 0.460. The van der Waals surface area contributed by atoms with E-state index in [1.165, 1.54) is 6.08 Å². The summed E-state index contributed by atoms with van der Waals surface area (Å²) in [4.78, 5) is 18.9. The largest absolute Gasteiger partial charge is 0.351 e. The van der Waals surface area contributed by atoms with E-state index in [0.717, 1.165) is 0 Å². The Hall–Kier alpha value is -0.830. The van der Waals surface area contributed by atoms with Gasteiger partial charge in [0, 0.05) is 0 Å². The molecule has 0 aromatic carbocycles. The zero-order valence-electron chi connectivity index (χ0n) is 4.29. The standard InChI is InChI=1S/C5H6O3/c1-2-4-3-7-8-5(4)6/h2,4H,1,3H2. The van der Waals surface area contributed by atoms with Crippen LogP contribution in [0.3, 0.4) is 0 Å². The van der Waals surface area contributed by atoms with Crippen LogP contribution in [0.4, 0.5) is 0 Å². The highest BCUT2D eigenvalue weighted by Crippen LogP contribution is 2.09. The van der Waals surface area contributed by atoms with Crippen LogP contribution < -0.4 is 0 Å². The van der Waals surface area contributed by atoms with E-state index < -0.39 is 0 Å². The van der Waals surface area contributed by atoms with Crippen molar-refractivity contribution < 1.29 is 14.6 Å². The van der Waals surface area contributed by atoms with Crippen LogP contribution in [-0.2, 0) is 14.6 Å². The average molecular weight is 114 g/mol.